The van der Waals surface area contributed by atoms with Gasteiger partial charge in [0.1, 0.15) is 6.61 Å². The van der Waals surface area contributed by atoms with Crippen LogP contribution in [0.25, 0.3) is 0 Å². The van der Waals surface area contributed by atoms with Gasteiger partial charge in [-0.1, -0.05) is 0 Å². The lowest BCUT2D eigenvalue weighted by Gasteiger charge is -2.19. The molecule has 0 amide bonds. The lowest BCUT2D eigenvalue weighted by Crippen LogP contribution is -2.30. The molecule has 1 heterocycles. The normalized spacial score (nSPS) is 12.9. The minimum Gasteiger partial charge on any atom is -0.487 e. The second kappa shape index (κ2) is 4.91. The van der Waals surface area contributed by atoms with Crippen LogP contribution in [0.4, 0.5) is 4.39 Å². The first-order valence-electron chi connectivity index (χ1n) is 4.50. The Morgan fingerprint density at radius 1 is 1.57 bits per heavy atom. The predicted molar refractivity (Wildman–Crippen MR) is 52.8 cm³/mol. The van der Waals surface area contributed by atoms with Gasteiger partial charge in [-0.05, 0) is 27.1 Å². The third kappa shape index (κ3) is 2.96. The topological polar surface area (TPSA) is 25.4 Å². The number of nitrogens with zero attached hydrogens (tertiary/aromatic N) is 2. The molecule has 0 bridgehead atoms. The molecule has 0 fully saturated rings. The van der Waals surface area contributed by atoms with Crippen molar-refractivity contribution in [2.45, 2.75) is 13.0 Å². The van der Waals surface area contributed by atoms with Crippen molar-refractivity contribution in [2.24, 2.45) is 0 Å². The summed E-state index contributed by atoms with van der Waals surface area (Å²) in [6.45, 7) is 2.46. The molecule has 0 saturated heterocycles. The lowest BCUT2D eigenvalue weighted by atomic mass is 10.3. The molecular weight excluding hydrogens is 183 g/mol. The van der Waals surface area contributed by atoms with Gasteiger partial charge in [-0.15, -0.1) is 0 Å². The fourth-order valence-electron chi connectivity index (χ4n) is 0.829. The van der Waals surface area contributed by atoms with Gasteiger partial charge in [0.15, 0.2) is 11.6 Å². The van der Waals surface area contributed by atoms with Crippen LogP contribution in [-0.2, 0) is 0 Å². The maximum atomic E-state index is 13.1. The molecule has 78 valence electrons. The zero-order valence-electron chi connectivity index (χ0n) is 8.70. The Labute approximate surface area is 83.5 Å². The van der Waals surface area contributed by atoms with Crippen LogP contribution in [0.3, 0.4) is 0 Å². The first kappa shape index (κ1) is 10.9. The van der Waals surface area contributed by atoms with Gasteiger partial charge in [0.05, 0.1) is 6.20 Å². The minimum absolute atomic E-state index is 0.209. The van der Waals surface area contributed by atoms with Crippen LogP contribution in [-0.4, -0.2) is 36.6 Å². The van der Waals surface area contributed by atoms with E-state index in [4.69, 9.17) is 4.74 Å². The van der Waals surface area contributed by atoms with Crippen LogP contribution in [0.1, 0.15) is 6.92 Å². The first-order valence-corrected chi connectivity index (χ1v) is 4.50. The number of aromatic nitrogens is 1. The molecule has 1 atom stereocenters. The molecule has 0 aliphatic rings. The van der Waals surface area contributed by atoms with Crippen LogP contribution >= 0.6 is 0 Å². The summed E-state index contributed by atoms with van der Waals surface area (Å²) in [5.74, 6) is -0.160. The fourth-order valence-corrected chi connectivity index (χ4v) is 0.829. The van der Waals surface area contributed by atoms with E-state index in [2.05, 4.69) is 4.98 Å². The number of hydrogen-bond donors (Lipinski definition) is 0. The number of rotatable bonds is 4. The summed E-state index contributed by atoms with van der Waals surface area (Å²) in [4.78, 5) is 5.80. The second-order valence-corrected chi connectivity index (χ2v) is 3.43. The summed E-state index contributed by atoms with van der Waals surface area (Å²) in [5, 5.41) is 0. The second-order valence-electron chi connectivity index (χ2n) is 3.43. The SMILES string of the molecule is C[C@@H](COc1cnccc1F)N(C)C. The van der Waals surface area contributed by atoms with Crippen molar-refractivity contribution < 1.29 is 9.13 Å². The third-order valence-corrected chi connectivity index (χ3v) is 2.10. The number of ether oxygens (including phenoxy) is 1. The zero-order valence-corrected chi connectivity index (χ0v) is 8.70. The molecular formula is C10H15FN2O. The largest absolute Gasteiger partial charge is 0.487 e. The lowest BCUT2D eigenvalue weighted by molar-refractivity contribution is 0.192. The van der Waals surface area contributed by atoms with E-state index in [1.807, 2.05) is 25.9 Å². The van der Waals surface area contributed by atoms with Gasteiger partial charge >= 0.3 is 0 Å². The summed E-state index contributed by atoms with van der Waals surface area (Å²) in [6.07, 6.45) is 2.79. The van der Waals surface area contributed by atoms with Gasteiger partial charge in [0.2, 0.25) is 0 Å². The molecule has 0 saturated carbocycles. The number of hydrogen-bond acceptors (Lipinski definition) is 3. The highest BCUT2D eigenvalue weighted by atomic mass is 19.1. The smallest absolute Gasteiger partial charge is 0.173 e. The Bertz CT molecular complexity index is 291. The van der Waals surface area contributed by atoms with Gasteiger partial charge < -0.3 is 9.64 Å². The van der Waals surface area contributed by atoms with Crippen LogP contribution in [0, 0.1) is 5.82 Å². The maximum Gasteiger partial charge on any atom is 0.173 e. The Balaban J connectivity index is 2.50. The third-order valence-electron chi connectivity index (χ3n) is 2.10. The van der Waals surface area contributed by atoms with Gasteiger partial charge in [-0.25, -0.2) is 4.39 Å². The van der Waals surface area contributed by atoms with Crippen molar-refractivity contribution in [3.05, 3.63) is 24.3 Å². The van der Waals surface area contributed by atoms with Gasteiger partial charge in [-0.3, -0.25) is 4.98 Å². The molecule has 0 unspecified atom stereocenters. The Hall–Kier alpha value is -1.16. The van der Waals surface area contributed by atoms with Crippen LogP contribution in [0.5, 0.6) is 5.75 Å². The summed E-state index contributed by atoms with van der Waals surface area (Å²) < 4.78 is 18.3. The average Bonchev–Trinajstić information content (AvgIpc) is 2.16. The van der Waals surface area contributed by atoms with E-state index in [1.165, 1.54) is 18.5 Å². The summed E-state index contributed by atoms with van der Waals surface area (Å²) in [5.41, 5.74) is 0. The average molecular weight is 198 g/mol. The minimum atomic E-state index is -0.369. The van der Waals surface area contributed by atoms with Crippen LogP contribution < -0.4 is 4.74 Å². The monoisotopic (exact) mass is 198 g/mol. The molecule has 4 heteroatoms. The van der Waals surface area contributed by atoms with Crippen molar-refractivity contribution in [3.63, 3.8) is 0 Å². The highest BCUT2D eigenvalue weighted by Crippen LogP contribution is 2.13. The summed E-state index contributed by atoms with van der Waals surface area (Å²) >= 11 is 0. The molecule has 0 spiro atoms. The molecule has 0 aliphatic carbocycles. The van der Waals surface area contributed by atoms with E-state index in [-0.39, 0.29) is 17.6 Å². The van der Waals surface area contributed by atoms with Crippen LogP contribution in [0.15, 0.2) is 18.5 Å². The Morgan fingerprint density at radius 2 is 2.29 bits per heavy atom. The van der Waals surface area contributed by atoms with Crippen molar-refractivity contribution in [2.75, 3.05) is 20.7 Å². The molecule has 0 aliphatic heterocycles. The first-order chi connectivity index (χ1) is 6.61. The van der Waals surface area contributed by atoms with Gasteiger partial charge in [0.25, 0.3) is 0 Å². The number of halogens is 1. The Kier molecular flexibility index (Phi) is 3.83. The van der Waals surface area contributed by atoms with E-state index in [9.17, 15) is 4.39 Å². The van der Waals surface area contributed by atoms with E-state index in [1.54, 1.807) is 0 Å². The van der Waals surface area contributed by atoms with Crippen LogP contribution in [0.2, 0.25) is 0 Å². The molecule has 1 aromatic heterocycles. The summed E-state index contributed by atoms with van der Waals surface area (Å²) in [6, 6.07) is 1.53. The summed E-state index contributed by atoms with van der Waals surface area (Å²) in [7, 11) is 3.90. The van der Waals surface area contributed by atoms with E-state index < -0.39 is 0 Å². The fraction of sp³-hybridized carbons (Fsp3) is 0.500. The molecule has 3 nitrogen and oxygen atoms in total. The van der Waals surface area contributed by atoms with Crippen molar-refractivity contribution >= 4 is 0 Å². The van der Waals surface area contributed by atoms with E-state index >= 15 is 0 Å². The Morgan fingerprint density at radius 3 is 2.86 bits per heavy atom. The van der Waals surface area contributed by atoms with Gasteiger partial charge in [0, 0.05) is 12.2 Å². The molecule has 0 N–H and O–H groups in total. The van der Waals surface area contributed by atoms with Crippen molar-refractivity contribution in [3.8, 4) is 5.75 Å². The highest BCUT2D eigenvalue weighted by Gasteiger charge is 2.07. The van der Waals surface area contributed by atoms with E-state index in [0.29, 0.717) is 6.61 Å². The molecule has 14 heavy (non-hydrogen) atoms. The maximum absolute atomic E-state index is 13.1. The predicted octanol–water partition coefficient (Wildman–Crippen LogP) is 1.55. The molecule has 1 aromatic rings. The number of likely N-dealkylation sites (N-methyl/N-ethyl adjacent to an activating group) is 1. The molecule has 0 aromatic carbocycles. The van der Waals surface area contributed by atoms with Crippen molar-refractivity contribution in [1.82, 2.24) is 9.88 Å². The van der Waals surface area contributed by atoms with Gasteiger partial charge in [-0.2, -0.15) is 0 Å². The number of pyridine rings is 1. The quantitative estimate of drug-likeness (QED) is 0.734. The van der Waals surface area contributed by atoms with E-state index in [0.717, 1.165) is 0 Å². The van der Waals surface area contributed by atoms with Crippen molar-refractivity contribution in [1.29, 1.82) is 0 Å². The molecule has 0 radical (unpaired) electrons. The highest BCUT2D eigenvalue weighted by molar-refractivity contribution is 5.18. The standard InChI is InChI=1S/C10H15FN2O/c1-8(13(2)3)7-14-10-6-12-5-4-9(10)11/h4-6,8H,7H2,1-3H3/t8-/m0/s1. The zero-order chi connectivity index (χ0) is 10.6. The molecule has 1 rings (SSSR count).